The zero-order valence-electron chi connectivity index (χ0n) is 8.18. The fraction of sp³-hybridized carbons (Fsp3) is 0. The Kier molecular flexibility index (Phi) is 4.37. The van der Waals surface area contributed by atoms with E-state index in [4.69, 9.17) is 38.2 Å². The summed E-state index contributed by atoms with van der Waals surface area (Å²) in [6.45, 7) is 0. The van der Waals surface area contributed by atoms with Crippen molar-refractivity contribution in [3.63, 3.8) is 0 Å². The summed E-state index contributed by atoms with van der Waals surface area (Å²) >= 11 is 11.3. The quantitative estimate of drug-likeness (QED) is 0.652. The van der Waals surface area contributed by atoms with Gasteiger partial charge in [-0.05, 0) is 12.1 Å². The number of hydrogen-bond acceptors (Lipinski definition) is 3. The molecule has 0 saturated heterocycles. The van der Waals surface area contributed by atoms with E-state index in [-0.39, 0.29) is 15.8 Å². The lowest BCUT2D eigenvalue weighted by atomic mass is 10.3. The van der Waals surface area contributed by atoms with Gasteiger partial charge in [-0.15, -0.1) is 0 Å². The lowest BCUT2D eigenvalue weighted by molar-refractivity contribution is -0.137. The van der Waals surface area contributed by atoms with Gasteiger partial charge in [-0.2, -0.15) is 0 Å². The molecule has 5 nitrogen and oxygen atoms in total. The topological polar surface area (TPSA) is 83.8 Å². The third-order valence-electron chi connectivity index (χ3n) is 1.58. The average molecular weight is 277 g/mol. The number of carbonyl (C=O) groups is 2. The Morgan fingerprint density at radius 2 is 1.82 bits per heavy atom. The highest BCUT2D eigenvalue weighted by Crippen LogP contribution is 2.27. The highest BCUT2D eigenvalue weighted by molar-refractivity contribution is 6.42. The molecular formula is C10H6Cl2O5. The molecule has 1 aromatic rings. The second-order valence-corrected chi connectivity index (χ2v) is 3.64. The molecule has 0 unspecified atom stereocenters. The summed E-state index contributed by atoms with van der Waals surface area (Å²) in [5.41, 5.74) is 0. The van der Waals surface area contributed by atoms with Crippen LogP contribution >= 0.6 is 23.2 Å². The third-order valence-corrected chi connectivity index (χ3v) is 2.32. The van der Waals surface area contributed by atoms with Crippen molar-refractivity contribution in [3.05, 3.63) is 40.1 Å². The van der Waals surface area contributed by atoms with Crippen LogP contribution in [0, 0.1) is 0 Å². The predicted molar refractivity (Wildman–Crippen MR) is 60.4 cm³/mol. The van der Waals surface area contributed by atoms with Crippen LogP contribution in [0.4, 0.5) is 0 Å². The Bertz CT molecular complexity index is 495. The Morgan fingerprint density at radius 1 is 1.18 bits per heavy atom. The third kappa shape index (κ3) is 3.97. The Hall–Kier alpha value is -1.72. The molecule has 0 spiro atoms. The number of rotatable bonds is 4. The molecule has 90 valence electrons. The second-order valence-electron chi connectivity index (χ2n) is 2.83. The van der Waals surface area contributed by atoms with Gasteiger partial charge < -0.3 is 14.9 Å². The van der Waals surface area contributed by atoms with E-state index in [0.717, 1.165) is 0 Å². The maximum absolute atomic E-state index is 10.7. The van der Waals surface area contributed by atoms with Gasteiger partial charge in [0.05, 0.1) is 16.1 Å². The minimum Gasteiger partial charge on any atom is -0.478 e. The Labute approximate surface area is 106 Å². The van der Waals surface area contributed by atoms with Gasteiger partial charge in [-0.25, -0.2) is 9.59 Å². The lowest BCUT2D eigenvalue weighted by Crippen LogP contribution is -2.10. The number of hydrogen-bond donors (Lipinski definition) is 2. The van der Waals surface area contributed by atoms with E-state index in [1.807, 2.05) is 0 Å². The standard InChI is InChI=1S/C10H6Cl2O5/c11-6-2-1-5(3-7(6)12)17-8(10(15)16)4-9(13)14/h1-4H,(H,13,14)(H,15,16). The smallest absolute Gasteiger partial charge is 0.372 e. The molecule has 0 aliphatic heterocycles. The summed E-state index contributed by atoms with van der Waals surface area (Å²) in [6.07, 6.45) is 0.435. The largest absolute Gasteiger partial charge is 0.478 e. The molecule has 17 heavy (non-hydrogen) atoms. The lowest BCUT2D eigenvalue weighted by Gasteiger charge is -2.06. The van der Waals surface area contributed by atoms with Crippen molar-refractivity contribution in [2.75, 3.05) is 0 Å². The predicted octanol–water partition coefficient (Wildman–Crippen LogP) is 2.43. The normalized spacial score (nSPS) is 11.1. The van der Waals surface area contributed by atoms with Gasteiger partial charge in [-0.3, -0.25) is 0 Å². The van der Waals surface area contributed by atoms with Gasteiger partial charge in [-0.1, -0.05) is 23.2 Å². The molecule has 0 radical (unpaired) electrons. The van der Waals surface area contributed by atoms with Crippen LogP contribution < -0.4 is 4.74 Å². The van der Waals surface area contributed by atoms with Gasteiger partial charge in [0.1, 0.15) is 5.75 Å². The van der Waals surface area contributed by atoms with E-state index < -0.39 is 17.7 Å². The molecule has 0 fully saturated rings. The highest BCUT2D eigenvalue weighted by Gasteiger charge is 2.13. The Morgan fingerprint density at radius 3 is 2.29 bits per heavy atom. The highest BCUT2D eigenvalue weighted by atomic mass is 35.5. The molecule has 2 N–H and O–H groups in total. The molecule has 0 amide bonds. The first-order valence-corrected chi connectivity index (χ1v) is 4.96. The minimum atomic E-state index is -1.50. The van der Waals surface area contributed by atoms with Crippen molar-refractivity contribution in [1.82, 2.24) is 0 Å². The molecule has 0 aliphatic carbocycles. The van der Waals surface area contributed by atoms with E-state index in [1.165, 1.54) is 18.2 Å². The molecule has 0 aliphatic rings. The molecule has 1 aromatic carbocycles. The summed E-state index contributed by atoms with van der Waals surface area (Å²) in [7, 11) is 0. The number of carboxylic acids is 2. The van der Waals surface area contributed by atoms with Gasteiger partial charge in [0.25, 0.3) is 0 Å². The van der Waals surface area contributed by atoms with Crippen molar-refractivity contribution in [2.45, 2.75) is 0 Å². The maximum atomic E-state index is 10.7. The Balaban J connectivity index is 2.98. The van der Waals surface area contributed by atoms with Crippen molar-refractivity contribution in [3.8, 4) is 5.75 Å². The van der Waals surface area contributed by atoms with Crippen LogP contribution in [0.2, 0.25) is 10.0 Å². The van der Waals surface area contributed by atoms with Crippen LogP contribution in [-0.2, 0) is 9.59 Å². The van der Waals surface area contributed by atoms with Gasteiger partial charge in [0.2, 0.25) is 5.76 Å². The number of carboxylic acid groups (broad SMARTS) is 2. The maximum Gasteiger partial charge on any atom is 0.372 e. The van der Waals surface area contributed by atoms with Crippen LogP contribution in [0.5, 0.6) is 5.75 Å². The van der Waals surface area contributed by atoms with Gasteiger partial charge in [0, 0.05) is 6.07 Å². The number of ether oxygens (including phenoxy) is 1. The van der Waals surface area contributed by atoms with E-state index in [0.29, 0.717) is 6.08 Å². The summed E-state index contributed by atoms with van der Waals surface area (Å²) in [6, 6.07) is 4.05. The van der Waals surface area contributed by atoms with E-state index in [9.17, 15) is 9.59 Å². The fourth-order valence-electron chi connectivity index (χ4n) is 0.914. The summed E-state index contributed by atoms with van der Waals surface area (Å²) in [5, 5.41) is 17.6. The SMILES string of the molecule is O=C(O)C=C(Oc1ccc(Cl)c(Cl)c1)C(=O)O. The van der Waals surface area contributed by atoms with E-state index in [1.54, 1.807) is 0 Å². The number of aliphatic carboxylic acids is 2. The minimum absolute atomic E-state index is 0.0781. The van der Waals surface area contributed by atoms with Crippen molar-refractivity contribution < 1.29 is 24.5 Å². The summed E-state index contributed by atoms with van der Waals surface area (Å²) < 4.78 is 4.86. The molecule has 0 heterocycles. The molecule has 7 heteroatoms. The second kappa shape index (κ2) is 5.56. The van der Waals surface area contributed by atoms with E-state index >= 15 is 0 Å². The first-order valence-electron chi connectivity index (χ1n) is 4.21. The summed E-state index contributed by atoms with van der Waals surface area (Å²) in [4.78, 5) is 21.0. The van der Waals surface area contributed by atoms with Crippen molar-refractivity contribution in [1.29, 1.82) is 0 Å². The first kappa shape index (κ1) is 13.3. The van der Waals surface area contributed by atoms with Crippen LogP contribution in [0.15, 0.2) is 30.0 Å². The summed E-state index contributed by atoms with van der Waals surface area (Å²) in [5.74, 6) is -3.58. The zero-order chi connectivity index (χ0) is 13.0. The molecule has 0 aromatic heterocycles. The van der Waals surface area contributed by atoms with Crippen LogP contribution in [0.3, 0.4) is 0 Å². The van der Waals surface area contributed by atoms with E-state index in [2.05, 4.69) is 0 Å². The van der Waals surface area contributed by atoms with Gasteiger partial charge in [0.15, 0.2) is 0 Å². The molecule has 0 atom stereocenters. The van der Waals surface area contributed by atoms with Crippen molar-refractivity contribution >= 4 is 35.1 Å². The monoisotopic (exact) mass is 276 g/mol. The molecule has 0 bridgehead atoms. The van der Waals surface area contributed by atoms with Crippen LogP contribution in [0.25, 0.3) is 0 Å². The number of halogens is 2. The molecule has 0 saturated carbocycles. The fourth-order valence-corrected chi connectivity index (χ4v) is 1.20. The molecular weight excluding hydrogens is 271 g/mol. The molecule has 1 rings (SSSR count). The first-order chi connectivity index (χ1) is 7.90. The van der Waals surface area contributed by atoms with Crippen LogP contribution in [0.1, 0.15) is 0 Å². The number of benzene rings is 1. The zero-order valence-corrected chi connectivity index (χ0v) is 9.70. The van der Waals surface area contributed by atoms with Gasteiger partial charge >= 0.3 is 11.9 Å². The average Bonchev–Trinajstić information content (AvgIpc) is 2.21. The van der Waals surface area contributed by atoms with Crippen molar-refractivity contribution in [2.24, 2.45) is 0 Å². The van der Waals surface area contributed by atoms with Crippen LogP contribution in [-0.4, -0.2) is 22.2 Å².